The molecule has 0 amide bonds. The average molecular weight is 201 g/mol. The molecule has 1 aliphatic rings. The summed E-state index contributed by atoms with van der Waals surface area (Å²) in [5.41, 5.74) is 1.19. The first-order valence-electron chi connectivity index (χ1n) is 4.59. The Morgan fingerprint density at radius 3 is 2.79 bits per heavy atom. The van der Waals surface area contributed by atoms with Crippen LogP contribution < -0.4 is 5.32 Å². The largest absolute Gasteiger partial charge is 0.312 e. The molecule has 0 unspecified atom stereocenters. The highest BCUT2D eigenvalue weighted by molar-refractivity contribution is 5.33. The Balaban J connectivity index is 2.48. The number of hydrogen-bond donors (Lipinski definition) is 2. The van der Waals surface area contributed by atoms with Gasteiger partial charge in [-0.1, -0.05) is 13.8 Å². The quantitative estimate of drug-likeness (QED) is 0.726. The third-order valence-electron chi connectivity index (χ3n) is 2.63. The highest BCUT2D eigenvalue weighted by Crippen LogP contribution is 2.32. The lowest BCUT2D eigenvalue weighted by molar-refractivity contribution is 0.144. The lowest BCUT2D eigenvalue weighted by Crippen LogP contribution is -2.38. The molecule has 0 saturated heterocycles. The van der Waals surface area contributed by atoms with Crippen molar-refractivity contribution in [3.05, 3.63) is 17.0 Å². The molecule has 78 valence electrons. The van der Waals surface area contributed by atoms with Crippen molar-refractivity contribution in [1.82, 2.24) is 15.5 Å². The number of hydrogen-bond acceptors (Lipinski definition) is 2. The molecule has 0 spiro atoms. The summed E-state index contributed by atoms with van der Waals surface area (Å²) < 4.78 is 25.1. The van der Waals surface area contributed by atoms with Crippen LogP contribution >= 0.6 is 0 Å². The summed E-state index contributed by atoms with van der Waals surface area (Å²) in [6.45, 7) is 5.24. The van der Waals surface area contributed by atoms with E-state index < -0.39 is 6.43 Å². The molecular weight excluding hydrogens is 188 g/mol. The second kappa shape index (κ2) is 3.02. The first kappa shape index (κ1) is 9.58. The van der Waals surface area contributed by atoms with E-state index in [-0.39, 0.29) is 11.1 Å². The van der Waals surface area contributed by atoms with E-state index in [9.17, 15) is 8.78 Å². The van der Waals surface area contributed by atoms with Crippen LogP contribution in [0.5, 0.6) is 0 Å². The molecule has 0 radical (unpaired) electrons. The summed E-state index contributed by atoms with van der Waals surface area (Å²) in [7, 11) is 0. The summed E-state index contributed by atoms with van der Waals surface area (Å²) in [6.07, 6.45) is -2.47. The summed E-state index contributed by atoms with van der Waals surface area (Å²) in [5.74, 6) is 0. The van der Waals surface area contributed by atoms with Crippen LogP contribution in [0.1, 0.15) is 37.2 Å². The van der Waals surface area contributed by atoms with Crippen LogP contribution in [-0.4, -0.2) is 16.7 Å². The van der Waals surface area contributed by atoms with Gasteiger partial charge in [0.05, 0.1) is 5.69 Å². The summed E-state index contributed by atoms with van der Waals surface area (Å²) in [5, 5.41) is 9.54. The Kier molecular flexibility index (Phi) is 2.06. The van der Waals surface area contributed by atoms with Crippen LogP contribution in [0.25, 0.3) is 0 Å². The monoisotopic (exact) mass is 201 g/mol. The maximum Gasteiger partial charge on any atom is 0.280 e. The van der Waals surface area contributed by atoms with Gasteiger partial charge in [-0.05, 0) is 0 Å². The van der Waals surface area contributed by atoms with Crippen molar-refractivity contribution < 1.29 is 8.78 Å². The maximum absolute atomic E-state index is 12.5. The molecule has 1 aliphatic heterocycles. The van der Waals surface area contributed by atoms with Crippen LogP contribution in [0.3, 0.4) is 0 Å². The van der Waals surface area contributed by atoms with Gasteiger partial charge >= 0.3 is 0 Å². The predicted octanol–water partition coefficient (Wildman–Crippen LogP) is 1.73. The SMILES string of the molecule is CC1(C)CNCc2c1n[nH]c2C(F)F. The van der Waals surface area contributed by atoms with Crippen molar-refractivity contribution in [2.24, 2.45) is 0 Å². The minimum absolute atomic E-state index is 0.0414. The Hall–Kier alpha value is -0.970. The minimum atomic E-state index is -2.47. The fourth-order valence-corrected chi connectivity index (χ4v) is 1.88. The molecule has 0 aromatic carbocycles. The highest BCUT2D eigenvalue weighted by atomic mass is 19.3. The van der Waals surface area contributed by atoms with E-state index in [0.717, 1.165) is 12.2 Å². The smallest absolute Gasteiger partial charge is 0.280 e. The molecule has 0 atom stereocenters. The van der Waals surface area contributed by atoms with Crippen molar-refractivity contribution >= 4 is 0 Å². The molecule has 0 saturated carbocycles. The lowest BCUT2D eigenvalue weighted by atomic mass is 9.83. The number of alkyl halides is 2. The van der Waals surface area contributed by atoms with Crippen molar-refractivity contribution in [3.63, 3.8) is 0 Å². The Bertz CT molecular complexity index is 344. The molecule has 5 heteroatoms. The number of aromatic amines is 1. The Labute approximate surface area is 80.9 Å². The minimum Gasteiger partial charge on any atom is -0.312 e. The van der Waals surface area contributed by atoms with Crippen LogP contribution in [0, 0.1) is 0 Å². The molecular formula is C9H13F2N3. The van der Waals surface area contributed by atoms with E-state index in [0.29, 0.717) is 12.1 Å². The number of H-pyrrole nitrogens is 1. The van der Waals surface area contributed by atoms with Crippen molar-refractivity contribution in [3.8, 4) is 0 Å². The third kappa shape index (κ3) is 1.32. The highest BCUT2D eigenvalue weighted by Gasteiger charge is 2.33. The molecule has 2 rings (SSSR count). The maximum atomic E-state index is 12.5. The number of nitrogens with zero attached hydrogens (tertiary/aromatic N) is 1. The van der Waals surface area contributed by atoms with Gasteiger partial charge in [0.15, 0.2) is 0 Å². The number of rotatable bonds is 1. The molecule has 0 fully saturated rings. The Morgan fingerprint density at radius 1 is 1.43 bits per heavy atom. The lowest BCUT2D eigenvalue weighted by Gasteiger charge is -2.29. The predicted molar refractivity (Wildman–Crippen MR) is 48.3 cm³/mol. The molecule has 2 heterocycles. The normalized spacial score (nSPS) is 19.8. The summed E-state index contributed by atoms with van der Waals surface area (Å²) in [6, 6.07) is 0. The summed E-state index contributed by atoms with van der Waals surface area (Å²) >= 11 is 0. The second-order valence-electron chi connectivity index (χ2n) is 4.25. The fourth-order valence-electron chi connectivity index (χ4n) is 1.88. The third-order valence-corrected chi connectivity index (χ3v) is 2.63. The van der Waals surface area contributed by atoms with Crippen LogP contribution in [-0.2, 0) is 12.0 Å². The van der Waals surface area contributed by atoms with Gasteiger partial charge in [-0.25, -0.2) is 8.78 Å². The van der Waals surface area contributed by atoms with Crippen LogP contribution in [0.4, 0.5) is 8.78 Å². The molecule has 2 N–H and O–H groups in total. The summed E-state index contributed by atoms with van der Waals surface area (Å²) in [4.78, 5) is 0. The van der Waals surface area contributed by atoms with Gasteiger partial charge in [-0.2, -0.15) is 5.10 Å². The van der Waals surface area contributed by atoms with Crippen molar-refractivity contribution in [2.45, 2.75) is 32.2 Å². The molecule has 14 heavy (non-hydrogen) atoms. The van der Waals surface area contributed by atoms with E-state index in [1.807, 2.05) is 13.8 Å². The molecule has 0 bridgehead atoms. The van der Waals surface area contributed by atoms with E-state index >= 15 is 0 Å². The molecule has 3 nitrogen and oxygen atoms in total. The second-order valence-corrected chi connectivity index (χ2v) is 4.25. The zero-order valence-corrected chi connectivity index (χ0v) is 8.19. The zero-order valence-electron chi connectivity index (χ0n) is 8.19. The van der Waals surface area contributed by atoms with Gasteiger partial charge in [-0.3, -0.25) is 5.10 Å². The molecule has 0 aliphatic carbocycles. The first-order chi connectivity index (χ1) is 6.52. The van der Waals surface area contributed by atoms with Crippen molar-refractivity contribution in [1.29, 1.82) is 0 Å². The van der Waals surface area contributed by atoms with Gasteiger partial charge in [-0.15, -0.1) is 0 Å². The van der Waals surface area contributed by atoms with Gasteiger partial charge in [0.25, 0.3) is 6.43 Å². The number of aromatic nitrogens is 2. The average Bonchev–Trinajstić information content (AvgIpc) is 2.48. The van der Waals surface area contributed by atoms with Crippen LogP contribution in [0.2, 0.25) is 0 Å². The van der Waals surface area contributed by atoms with Gasteiger partial charge < -0.3 is 5.32 Å². The topological polar surface area (TPSA) is 40.7 Å². The van der Waals surface area contributed by atoms with E-state index in [4.69, 9.17) is 0 Å². The van der Waals surface area contributed by atoms with Crippen molar-refractivity contribution in [2.75, 3.05) is 6.54 Å². The Morgan fingerprint density at radius 2 is 2.14 bits per heavy atom. The van der Waals surface area contributed by atoms with Gasteiger partial charge in [0.1, 0.15) is 5.69 Å². The van der Waals surface area contributed by atoms with Gasteiger partial charge in [0.2, 0.25) is 0 Å². The van der Waals surface area contributed by atoms with Gasteiger partial charge in [0, 0.05) is 24.1 Å². The van der Waals surface area contributed by atoms with E-state index in [1.54, 1.807) is 0 Å². The number of fused-ring (bicyclic) bond motifs is 1. The molecule has 1 aromatic heterocycles. The van der Waals surface area contributed by atoms with E-state index in [1.165, 1.54) is 0 Å². The molecule has 1 aromatic rings. The van der Waals surface area contributed by atoms with E-state index in [2.05, 4.69) is 15.5 Å². The zero-order chi connectivity index (χ0) is 10.3. The van der Waals surface area contributed by atoms with Crippen LogP contribution in [0.15, 0.2) is 0 Å². The standard InChI is InChI=1S/C9H13F2N3/c1-9(2)4-12-3-5-6(8(10)11)13-14-7(5)9/h8,12H,3-4H2,1-2H3,(H,13,14). The number of nitrogens with one attached hydrogen (secondary N) is 2. The fraction of sp³-hybridized carbons (Fsp3) is 0.667. The number of halogens is 2. The first-order valence-corrected chi connectivity index (χ1v) is 4.59.